The normalized spacial score (nSPS) is 12.7. The van der Waals surface area contributed by atoms with Crippen molar-refractivity contribution in [2.75, 3.05) is 26.3 Å². The van der Waals surface area contributed by atoms with Crippen LogP contribution < -0.4 is 5.32 Å². The van der Waals surface area contributed by atoms with E-state index in [1.807, 2.05) is 6.07 Å². The van der Waals surface area contributed by atoms with Crippen molar-refractivity contribution in [2.24, 2.45) is 0 Å². The van der Waals surface area contributed by atoms with Gasteiger partial charge in [0.2, 0.25) is 0 Å². The molecule has 0 saturated carbocycles. The molecule has 2 aromatic carbocycles. The summed E-state index contributed by atoms with van der Waals surface area (Å²) in [5.41, 5.74) is 1.96. The van der Waals surface area contributed by atoms with E-state index in [0.29, 0.717) is 30.9 Å². The minimum atomic E-state index is -3.96. The first-order valence-electron chi connectivity index (χ1n) is 14.3. The monoisotopic (exact) mass is 594 g/mol. The van der Waals surface area contributed by atoms with E-state index in [9.17, 15) is 28.5 Å². The number of carbonyl (C=O) groups is 1. The van der Waals surface area contributed by atoms with Gasteiger partial charge < -0.3 is 30.2 Å². The van der Waals surface area contributed by atoms with Gasteiger partial charge in [-0.2, -0.15) is 0 Å². The third kappa shape index (κ3) is 12.1. The highest BCUT2D eigenvalue weighted by molar-refractivity contribution is 7.89. The second-order valence-electron chi connectivity index (χ2n) is 10.3. The zero-order chi connectivity index (χ0) is 30.3. The number of nitrogens with zero attached hydrogens (tertiary/aromatic N) is 1. The van der Waals surface area contributed by atoms with Gasteiger partial charge in [-0.05, 0) is 92.4 Å². The molecule has 0 aliphatic carbocycles. The topological polar surface area (TPSA) is 146 Å². The van der Waals surface area contributed by atoms with Crippen LogP contribution in [0.15, 0.2) is 47.4 Å². The quantitative estimate of drug-likeness (QED) is 0.132. The fourth-order valence-corrected chi connectivity index (χ4v) is 5.78. The van der Waals surface area contributed by atoms with Crippen LogP contribution in [0.5, 0.6) is 5.75 Å². The van der Waals surface area contributed by atoms with E-state index in [0.717, 1.165) is 61.5 Å². The van der Waals surface area contributed by atoms with Gasteiger partial charge in [0.05, 0.1) is 23.6 Å². The first-order chi connectivity index (χ1) is 19.6. The number of hydrogen-bond donors (Lipinski definition) is 4. The number of benzene rings is 2. The van der Waals surface area contributed by atoms with Gasteiger partial charge >= 0.3 is 5.97 Å². The van der Waals surface area contributed by atoms with Crippen molar-refractivity contribution in [3.63, 3.8) is 0 Å². The molecule has 4 N–H and O–H groups in total. The molecular formula is C30H46N2O8S. The molecule has 2 rings (SSSR count). The number of phenols is 1. The Labute approximate surface area is 244 Å². The number of aliphatic hydroxyl groups is 2. The summed E-state index contributed by atoms with van der Waals surface area (Å²) < 4.78 is 32.4. The van der Waals surface area contributed by atoms with Gasteiger partial charge in [0.15, 0.2) is 0 Å². The summed E-state index contributed by atoms with van der Waals surface area (Å²) in [4.78, 5) is 16.4. The highest BCUT2D eigenvalue weighted by atomic mass is 32.2. The van der Waals surface area contributed by atoms with Crippen LogP contribution in [0.2, 0.25) is 0 Å². The molecule has 0 bridgehead atoms. The van der Waals surface area contributed by atoms with Crippen molar-refractivity contribution in [3.05, 3.63) is 59.2 Å². The summed E-state index contributed by atoms with van der Waals surface area (Å²) in [5.74, 6) is -0.664. The van der Waals surface area contributed by atoms with Gasteiger partial charge in [0, 0.05) is 32.2 Å². The molecule has 0 aliphatic heterocycles. The van der Waals surface area contributed by atoms with Crippen LogP contribution in [0.3, 0.4) is 0 Å². The zero-order valence-electron chi connectivity index (χ0n) is 24.4. The van der Waals surface area contributed by atoms with E-state index in [1.54, 1.807) is 38.1 Å². The van der Waals surface area contributed by atoms with Crippen LogP contribution in [-0.4, -0.2) is 66.5 Å². The van der Waals surface area contributed by atoms with Crippen molar-refractivity contribution in [3.8, 4) is 5.75 Å². The highest BCUT2D eigenvalue weighted by Gasteiger charge is 2.30. The predicted octanol–water partition coefficient (Wildman–Crippen LogP) is 3.98. The number of carbonyl (C=O) groups excluding carboxylic acids is 1. The summed E-state index contributed by atoms with van der Waals surface area (Å²) in [6.07, 6.45) is 5.85. The Morgan fingerprint density at radius 1 is 1.00 bits per heavy atom. The Hall–Kier alpha value is -2.54. The second-order valence-corrected chi connectivity index (χ2v) is 12.1. The van der Waals surface area contributed by atoms with Crippen molar-refractivity contribution in [1.29, 1.82) is 0 Å². The zero-order valence-corrected chi connectivity index (χ0v) is 25.2. The van der Waals surface area contributed by atoms with E-state index in [1.165, 1.54) is 19.1 Å². The maximum Gasteiger partial charge on any atom is 0.323 e. The van der Waals surface area contributed by atoms with Crippen LogP contribution in [0.4, 0.5) is 0 Å². The molecule has 0 aliphatic rings. The number of aryl methyl sites for hydroxylation is 1. The lowest BCUT2D eigenvalue weighted by atomic mass is 10.1. The van der Waals surface area contributed by atoms with E-state index in [2.05, 4.69) is 5.32 Å². The number of aliphatic hydroxyl groups excluding tert-OH is 2. The second kappa shape index (κ2) is 18.1. The number of rotatable bonds is 20. The van der Waals surface area contributed by atoms with Gasteiger partial charge in [0.1, 0.15) is 5.75 Å². The summed E-state index contributed by atoms with van der Waals surface area (Å²) in [6, 6.07) is 10.9. The van der Waals surface area contributed by atoms with E-state index < -0.39 is 28.1 Å². The van der Waals surface area contributed by atoms with E-state index in [4.69, 9.17) is 9.57 Å². The lowest BCUT2D eigenvalue weighted by Crippen LogP contribution is -2.38. The molecule has 0 fully saturated rings. The number of hydroxylamine groups is 1. The first kappa shape index (κ1) is 34.7. The standard InChI is InChI=1S/C30H46N2O8S/c1-23(2)32(40-24(3)34)41(37,38)28-13-10-12-25(19-28)11-6-9-18-39-17-8-5-4-7-16-31-21-30(36)26-14-15-29(35)27(20-26)22-33/h10,12-15,19-20,23,30-31,33,35-36H,4-9,11,16-18,21-22H2,1-3H3. The molecule has 0 aromatic heterocycles. The fourth-order valence-electron chi connectivity index (χ4n) is 4.26. The molecule has 0 saturated heterocycles. The molecule has 0 heterocycles. The largest absolute Gasteiger partial charge is 0.508 e. The Bertz CT molecular complexity index is 1170. The smallest absolute Gasteiger partial charge is 0.323 e. The molecule has 1 atom stereocenters. The lowest BCUT2D eigenvalue weighted by molar-refractivity contribution is -0.170. The van der Waals surface area contributed by atoms with Crippen LogP contribution in [0, 0.1) is 0 Å². The van der Waals surface area contributed by atoms with Crippen LogP contribution in [0.25, 0.3) is 0 Å². The predicted molar refractivity (Wildman–Crippen MR) is 156 cm³/mol. The average molecular weight is 595 g/mol. The molecular weight excluding hydrogens is 548 g/mol. The van der Waals surface area contributed by atoms with Crippen molar-refractivity contribution < 1.29 is 38.1 Å². The molecule has 0 spiro atoms. The molecule has 11 heteroatoms. The number of sulfonamides is 1. The Kier molecular flexibility index (Phi) is 15.3. The Balaban J connectivity index is 1.55. The van der Waals surface area contributed by atoms with Crippen molar-refractivity contribution in [2.45, 2.75) is 89.4 Å². The maximum atomic E-state index is 12.9. The van der Waals surface area contributed by atoms with E-state index >= 15 is 0 Å². The molecule has 41 heavy (non-hydrogen) atoms. The third-order valence-electron chi connectivity index (χ3n) is 6.47. The summed E-state index contributed by atoms with van der Waals surface area (Å²) in [5, 5.41) is 32.4. The number of aromatic hydroxyl groups is 1. The summed E-state index contributed by atoms with van der Waals surface area (Å²) in [6.45, 7) is 6.75. The van der Waals surface area contributed by atoms with E-state index in [-0.39, 0.29) is 17.3 Å². The first-order valence-corrected chi connectivity index (χ1v) is 15.7. The lowest BCUT2D eigenvalue weighted by Gasteiger charge is -2.23. The number of unbranched alkanes of at least 4 members (excludes halogenated alkanes) is 4. The summed E-state index contributed by atoms with van der Waals surface area (Å²) >= 11 is 0. The average Bonchev–Trinajstić information content (AvgIpc) is 2.94. The number of ether oxygens (including phenoxy) is 1. The van der Waals surface area contributed by atoms with Crippen molar-refractivity contribution in [1.82, 2.24) is 9.79 Å². The molecule has 2 aromatic rings. The highest BCUT2D eigenvalue weighted by Crippen LogP contribution is 2.23. The maximum absolute atomic E-state index is 12.9. The molecule has 0 radical (unpaired) electrons. The molecule has 0 amide bonds. The van der Waals surface area contributed by atoms with Gasteiger partial charge in [-0.1, -0.05) is 31.0 Å². The Morgan fingerprint density at radius 2 is 1.71 bits per heavy atom. The Morgan fingerprint density at radius 3 is 2.39 bits per heavy atom. The molecule has 1 unspecified atom stereocenters. The SMILES string of the molecule is CC(=O)ON(C(C)C)S(=O)(=O)c1cccc(CCCCOCCCCCCNCC(O)c2ccc(O)c(CO)c2)c1. The van der Waals surface area contributed by atoms with Gasteiger partial charge in [-0.25, -0.2) is 8.42 Å². The van der Waals surface area contributed by atoms with Crippen LogP contribution in [0.1, 0.15) is 82.1 Å². The van der Waals surface area contributed by atoms with Gasteiger partial charge in [-0.15, -0.1) is 0 Å². The molecule has 230 valence electrons. The van der Waals surface area contributed by atoms with Crippen LogP contribution in [-0.2, 0) is 37.4 Å². The summed E-state index contributed by atoms with van der Waals surface area (Å²) in [7, 11) is -3.96. The minimum Gasteiger partial charge on any atom is -0.508 e. The van der Waals surface area contributed by atoms with Crippen molar-refractivity contribution >= 4 is 16.0 Å². The van der Waals surface area contributed by atoms with Gasteiger partial charge in [0.25, 0.3) is 10.0 Å². The number of hydrogen-bond acceptors (Lipinski definition) is 9. The third-order valence-corrected chi connectivity index (χ3v) is 8.29. The minimum absolute atomic E-state index is 0.0228. The fraction of sp³-hybridized carbons (Fsp3) is 0.567. The molecule has 10 nitrogen and oxygen atoms in total. The van der Waals surface area contributed by atoms with Crippen LogP contribution >= 0.6 is 0 Å². The van der Waals surface area contributed by atoms with Gasteiger partial charge in [-0.3, -0.25) is 4.79 Å². The number of nitrogens with one attached hydrogen (secondary N) is 1.